The fourth-order valence-electron chi connectivity index (χ4n) is 3.63. The predicted octanol–water partition coefficient (Wildman–Crippen LogP) is 6.43. The van der Waals surface area contributed by atoms with Crippen LogP contribution >= 0.6 is 0 Å². The van der Waals surface area contributed by atoms with Gasteiger partial charge in [0.25, 0.3) is 0 Å². The van der Waals surface area contributed by atoms with Gasteiger partial charge in [-0.25, -0.2) is 4.99 Å². The van der Waals surface area contributed by atoms with Gasteiger partial charge in [-0.3, -0.25) is 9.36 Å². The molecule has 1 aromatic heterocycles. The van der Waals surface area contributed by atoms with E-state index in [2.05, 4.69) is 22.2 Å². The van der Waals surface area contributed by atoms with E-state index >= 15 is 0 Å². The number of benzene rings is 3. The molecule has 0 saturated heterocycles. The maximum absolute atomic E-state index is 13.3. The zero-order chi connectivity index (χ0) is 23.0. The maximum Gasteiger partial charge on any atom is 0.193 e. The summed E-state index contributed by atoms with van der Waals surface area (Å²) in [5.74, 6) is 1.17. The topological polar surface area (TPSA) is 58.4 Å². The third-order valence-electron chi connectivity index (χ3n) is 5.14. The van der Waals surface area contributed by atoms with Crippen LogP contribution in [0.4, 0.5) is 23.0 Å². The Morgan fingerprint density at radius 3 is 2.09 bits per heavy atom. The monoisotopic (exact) mass is 434 g/mol. The first-order chi connectivity index (χ1) is 16.2. The summed E-state index contributed by atoms with van der Waals surface area (Å²) in [6.07, 6.45) is 1.70. The van der Waals surface area contributed by atoms with Crippen LogP contribution in [0.2, 0.25) is 0 Å². The zero-order valence-corrected chi connectivity index (χ0v) is 18.5. The van der Waals surface area contributed by atoms with Crippen LogP contribution in [-0.4, -0.2) is 17.3 Å². The molecule has 3 aromatic carbocycles. The van der Waals surface area contributed by atoms with Crippen molar-refractivity contribution in [3.63, 3.8) is 0 Å². The second-order valence-corrected chi connectivity index (χ2v) is 7.46. The first kappa shape index (κ1) is 21.8. The van der Waals surface area contributed by atoms with Crippen molar-refractivity contribution in [2.45, 2.75) is 6.92 Å². The van der Waals surface area contributed by atoms with E-state index in [4.69, 9.17) is 0 Å². The highest BCUT2D eigenvalue weighted by molar-refractivity contribution is 5.79. The summed E-state index contributed by atoms with van der Waals surface area (Å²) < 4.78 is 1.96. The van der Waals surface area contributed by atoms with Crippen LogP contribution in [0, 0.1) is 0 Å². The molecular weight excluding hydrogens is 408 g/mol. The van der Waals surface area contributed by atoms with Gasteiger partial charge in [0.15, 0.2) is 5.43 Å². The maximum atomic E-state index is 13.3. The first-order valence-electron chi connectivity index (χ1n) is 10.8. The number of hydrogen-bond acceptors (Lipinski definition) is 4. The molecular formula is C28H26N4O. The lowest BCUT2D eigenvalue weighted by Gasteiger charge is -2.21. The highest BCUT2D eigenvalue weighted by Crippen LogP contribution is 2.31. The number of nitrogens with zero attached hydrogens (tertiary/aromatic N) is 2. The summed E-state index contributed by atoms with van der Waals surface area (Å²) in [4.78, 5) is 18.0. The summed E-state index contributed by atoms with van der Waals surface area (Å²) in [6.45, 7) is 6.48. The van der Waals surface area contributed by atoms with Crippen LogP contribution in [0.25, 0.3) is 11.3 Å². The fourth-order valence-corrected chi connectivity index (χ4v) is 3.63. The molecule has 0 saturated carbocycles. The standard InChI is InChI=1S/C28H26N4O/c1-3-29-28-27(21(2)20-30-22-13-7-4-8-14-22)25(33)19-26(31-23-15-9-5-10-16-23)32(28)24-17-11-6-12-18-24/h3-19,30-31H,2,20H2,1H3/b29-3-. The molecule has 0 amide bonds. The minimum Gasteiger partial charge on any atom is -0.381 e. The van der Waals surface area contributed by atoms with Crippen molar-refractivity contribution >= 4 is 34.8 Å². The average Bonchev–Trinajstić information content (AvgIpc) is 2.85. The Hall–Kier alpha value is -4.38. The molecule has 2 N–H and O–H groups in total. The average molecular weight is 435 g/mol. The van der Waals surface area contributed by atoms with Gasteiger partial charge in [0.05, 0.1) is 5.56 Å². The number of nitrogens with one attached hydrogen (secondary N) is 2. The van der Waals surface area contributed by atoms with Gasteiger partial charge >= 0.3 is 0 Å². The number of aromatic nitrogens is 1. The van der Waals surface area contributed by atoms with Gasteiger partial charge in [-0.15, -0.1) is 0 Å². The van der Waals surface area contributed by atoms with E-state index in [9.17, 15) is 4.79 Å². The molecule has 5 nitrogen and oxygen atoms in total. The van der Waals surface area contributed by atoms with Gasteiger partial charge < -0.3 is 10.6 Å². The molecule has 33 heavy (non-hydrogen) atoms. The molecule has 0 bridgehead atoms. The van der Waals surface area contributed by atoms with Crippen molar-refractivity contribution in [1.29, 1.82) is 0 Å². The third-order valence-corrected chi connectivity index (χ3v) is 5.14. The van der Waals surface area contributed by atoms with Crippen molar-refractivity contribution in [2.24, 2.45) is 4.99 Å². The Morgan fingerprint density at radius 2 is 1.48 bits per heavy atom. The van der Waals surface area contributed by atoms with Crippen molar-refractivity contribution in [2.75, 3.05) is 17.2 Å². The molecule has 0 unspecified atom stereocenters. The van der Waals surface area contributed by atoms with Crippen LogP contribution in [0.5, 0.6) is 0 Å². The second kappa shape index (κ2) is 10.3. The quantitative estimate of drug-likeness (QED) is 0.314. The lowest BCUT2D eigenvalue weighted by molar-refractivity contribution is 1.03. The normalized spacial score (nSPS) is 10.8. The molecule has 0 aliphatic heterocycles. The lowest BCUT2D eigenvalue weighted by atomic mass is 10.1. The van der Waals surface area contributed by atoms with Gasteiger partial charge in [0.2, 0.25) is 0 Å². The van der Waals surface area contributed by atoms with Crippen molar-refractivity contribution in [3.05, 3.63) is 119 Å². The van der Waals surface area contributed by atoms with Gasteiger partial charge in [-0.05, 0) is 48.9 Å². The minimum atomic E-state index is -0.138. The molecule has 0 radical (unpaired) electrons. The van der Waals surface area contributed by atoms with Crippen LogP contribution < -0.4 is 16.1 Å². The third kappa shape index (κ3) is 5.10. The number of rotatable bonds is 8. The van der Waals surface area contributed by atoms with Crippen LogP contribution in [0.1, 0.15) is 12.5 Å². The Kier molecular flexibility index (Phi) is 6.81. The molecule has 1 heterocycles. The van der Waals surface area contributed by atoms with Crippen molar-refractivity contribution in [3.8, 4) is 5.69 Å². The minimum absolute atomic E-state index is 0.138. The molecule has 0 spiro atoms. The second-order valence-electron chi connectivity index (χ2n) is 7.46. The molecule has 0 atom stereocenters. The summed E-state index contributed by atoms with van der Waals surface area (Å²) in [6, 6.07) is 31.1. The van der Waals surface area contributed by atoms with Crippen LogP contribution in [0.15, 0.2) is 113 Å². The Bertz CT molecular complexity index is 1310. The number of hydrogen-bond donors (Lipinski definition) is 2. The number of anilines is 3. The van der Waals surface area contributed by atoms with E-state index in [-0.39, 0.29) is 5.43 Å². The summed E-state index contributed by atoms with van der Waals surface area (Å²) in [5.41, 5.74) is 3.75. The predicted molar refractivity (Wildman–Crippen MR) is 140 cm³/mol. The van der Waals surface area contributed by atoms with E-state index in [1.54, 1.807) is 12.3 Å². The van der Waals surface area contributed by atoms with E-state index in [1.165, 1.54) is 0 Å². The van der Waals surface area contributed by atoms with Crippen molar-refractivity contribution in [1.82, 2.24) is 4.57 Å². The fraction of sp³-hybridized carbons (Fsp3) is 0.0714. The van der Waals surface area contributed by atoms with Crippen LogP contribution in [-0.2, 0) is 0 Å². The molecule has 4 rings (SSSR count). The summed E-state index contributed by atoms with van der Waals surface area (Å²) >= 11 is 0. The largest absolute Gasteiger partial charge is 0.381 e. The Morgan fingerprint density at radius 1 is 0.909 bits per heavy atom. The summed E-state index contributed by atoms with van der Waals surface area (Å²) in [7, 11) is 0. The van der Waals surface area contributed by atoms with Crippen LogP contribution in [0.3, 0.4) is 0 Å². The molecule has 5 heteroatoms. The van der Waals surface area contributed by atoms with Gasteiger partial charge in [0.1, 0.15) is 11.6 Å². The number of para-hydroxylation sites is 3. The van der Waals surface area contributed by atoms with E-state index < -0.39 is 0 Å². The SMILES string of the molecule is C=C(CNc1ccccc1)c1c(/N=C\C)n(-c2ccccc2)c(Nc2ccccc2)cc1=O. The van der Waals surface area contributed by atoms with Gasteiger partial charge in [0, 0.05) is 35.9 Å². The van der Waals surface area contributed by atoms with E-state index in [1.807, 2.05) is 102 Å². The summed E-state index contributed by atoms with van der Waals surface area (Å²) in [5, 5.41) is 6.72. The van der Waals surface area contributed by atoms with E-state index in [0.29, 0.717) is 29.3 Å². The highest BCUT2D eigenvalue weighted by Gasteiger charge is 2.19. The molecule has 0 aliphatic rings. The number of aliphatic imine (C=N–C) groups is 1. The molecule has 4 aromatic rings. The first-order valence-corrected chi connectivity index (χ1v) is 10.8. The lowest BCUT2D eigenvalue weighted by Crippen LogP contribution is -2.18. The van der Waals surface area contributed by atoms with Crippen molar-refractivity contribution < 1.29 is 0 Å². The zero-order valence-electron chi connectivity index (χ0n) is 18.5. The molecule has 0 aliphatic carbocycles. The highest BCUT2D eigenvalue weighted by atomic mass is 16.1. The van der Waals surface area contributed by atoms with Gasteiger partial charge in [-0.1, -0.05) is 61.2 Å². The molecule has 0 fully saturated rings. The van der Waals surface area contributed by atoms with E-state index in [0.717, 1.165) is 17.1 Å². The Balaban J connectivity index is 1.83. The Labute approximate surface area is 193 Å². The number of pyridine rings is 1. The van der Waals surface area contributed by atoms with Gasteiger partial charge in [-0.2, -0.15) is 0 Å². The molecule has 164 valence electrons. The smallest absolute Gasteiger partial charge is 0.193 e.